The lowest BCUT2D eigenvalue weighted by atomic mass is 9.97. The van der Waals surface area contributed by atoms with Crippen LogP contribution in [0.1, 0.15) is 53.4 Å². The van der Waals surface area contributed by atoms with E-state index in [4.69, 9.17) is 16.6 Å². The van der Waals surface area contributed by atoms with E-state index in [1.165, 1.54) is 36.5 Å². The summed E-state index contributed by atoms with van der Waals surface area (Å²) in [4.78, 5) is 7.17. The van der Waals surface area contributed by atoms with Gasteiger partial charge in [0.15, 0.2) is 0 Å². The van der Waals surface area contributed by atoms with Crippen LogP contribution in [0.3, 0.4) is 0 Å². The number of aliphatic imine (C=N–C) groups is 1. The maximum absolute atomic E-state index is 5.84. The Hall–Kier alpha value is -0.500. The Labute approximate surface area is 111 Å². The molecule has 3 heteroatoms. The van der Waals surface area contributed by atoms with Gasteiger partial charge in [-0.25, -0.2) is 4.99 Å². The minimum absolute atomic E-state index is 0.511. The third-order valence-electron chi connectivity index (χ3n) is 3.48. The van der Waals surface area contributed by atoms with Gasteiger partial charge in [-0.15, -0.1) is 11.6 Å². The quantitative estimate of drug-likeness (QED) is 0.676. The van der Waals surface area contributed by atoms with Crippen molar-refractivity contribution in [3.8, 4) is 0 Å². The molecular formula is C14H25ClN2. The summed E-state index contributed by atoms with van der Waals surface area (Å²) < 4.78 is 0. The first-order valence-corrected chi connectivity index (χ1v) is 7.37. The summed E-state index contributed by atoms with van der Waals surface area (Å²) in [5.74, 6) is 2.00. The Kier molecular flexibility index (Phi) is 6.04. The second kappa shape index (κ2) is 7.05. The summed E-state index contributed by atoms with van der Waals surface area (Å²) in [5.41, 5.74) is 2.63. The van der Waals surface area contributed by atoms with Crippen molar-refractivity contribution in [1.29, 1.82) is 0 Å². The smallest absolute Gasteiger partial charge is 0.105 e. The number of nitrogens with zero attached hydrogens (tertiary/aromatic N) is 2. The van der Waals surface area contributed by atoms with Crippen molar-refractivity contribution in [2.75, 3.05) is 12.4 Å². The first kappa shape index (κ1) is 14.6. The van der Waals surface area contributed by atoms with E-state index in [1.807, 2.05) is 13.8 Å². The van der Waals surface area contributed by atoms with Crippen molar-refractivity contribution >= 4 is 17.4 Å². The summed E-state index contributed by atoms with van der Waals surface area (Å²) in [6.07, 6.45) is 4.72. The van der Waals surface area contributed by atoms with Crippen molar-refractivity contribution in [2.45, 2.75) is 59.4 Å². The topological polar surface area (TPSA) is 15.6 Å². The zero-order valence-electron chi connectivity index (χ0n) is 11.6. The van der Waals surface area contributed by atoms with Crippen LogP contribution in [0.2, 0.25) is 0 Å². The van der Waals surface area contributed by atoms with Crippen LogP contribution in [0.15, 0.2) is 16.3 Å². The summed E-state index contributed by atoms with van der Waals surface area (Å²) in [6, 6.07) is 0.511. The number of rotatable bonds is 2. The molecule has 1 saturated heterocycles. The Morgan fingerprint density at radius 3 is 2.71 bits per heavy atom. The van der Waals surface area contributed by atoms with Crippen LogP contribution in [0, 0.1) is 0 Å². The van der Waals surface area contributed by atoms with Gasteiger partial charge in [0.1, 0.15) is 5.84 Å². The Balaban J connectivity index is 0.000000686. The highest BCUT2D eigenvalue weighted by molar-refractivity contribution is 6.18. The molecule has 2 heterocycles. The predicted molar refractivity (Wildman–Crippen MR) is 76.8 cm³/mol. The van der Waals surface area contributed by atoms with E-state index >= 15 is 0 Å². The highest BCUT2D eigenvalue weighted by Crippen LogP contribution is 2.29. The summed E-state index contributed by atoms with van der Waals surface area (Å²) in [5, 5.41) is 0. The Morgan fingerprint density at radius 2 is 2.06 bits per heavy atom. The molecule has 1 fully saturated rings. The molecule has 0 spiro atoms. The third kappa shape index (κ3) is 3.25. The van der Waals surface area contributed by atoms with Gasteiger partial charge in [-0.3, -0.25) is 0 Å². The zero-order valence-corrected chi connectivity index (χ0v) is 12.3. The number of halogens is 1. The number of fused-ring (bicyclic) bond motifs is 1. The predicted octanol–water partition coefficient (Wildman–Crippen LogP) is 4.20. The number of amidine groups is 1. The van der Waals surface area contributed by atoms with Crippen molar-refractivity contribution in [2.24, 2.45) is 4.99 Å². The normalized spacial score (nSPS) is 23.7. The van der Waals surface area contributed by atoms with E-state index in [-0.39, 0.29) is 0 Å². The summed E-state index contributed by atoms with van der Waals surface area (Å²) >= 11 is 5.84. The SMILES string of the molecule is CC.CC1=C(CCCl)C(C)N2CCCCC2=N1. The first-order chi connectivity index (χ1) is 8.24. The molecule has 0 aromatic carbocycles. The first-order valence-electron chi connectivity index (χ1n) is 6.84. The molecule has 1 atom stereocenters. The fraction of sp³-hybridized carbons (Fsp3) is 0.786. The van der Waals surface area contributed by atoms with E-state index in [2.05, 4.69) is 18.7 Å². The van der Waals surface area contributed by atoms with Gasteiger partial charge in [0.25, 0.3) is 0 Å². The number of hydrogen-bond donors (Lipinski definition) is 0. The van der Waals surface area contributed by atoms with E-state index in [0.717, 1.165) is 12.8 Å². The van der Waals surface area contributed by atoms with Gasteiger partial charge in [0.05, 0.1) is 6.04 Å². The fourth-order valence-corrected chi connectivity index (χ4v) is 2.83. The Bertz CT molecular complexity index is 307. The molecule has 2 nitrogen and oxygen atoms in total. The van der Waals surface area contributed by atoms with Crippen LogP contribution in [-0.4, -0.2) is 29.2 Å². The molecule has 2 rings (SSSR count). The molecule has 17 heavy (non-hydrogen) atoms. The molecular weight excluding hydrogens is 232 g/mol. The molecule has 0 aromatic rings. The van der Waals surface area contributed by atoms with Gasteiger partial charge >= 0.3 is 0 Å². The highest BCUT2D eigenvalue weighted by Gasteiger charge is 2.28. The lowest BCUT2D eigenvalue weighted by Gasteiger charge is -2.40. The van der Waals surface area contributed by atoms with Crippen LogP contribution in [0.4, 0.5) is 0 Å². The number of hydrogen-bond acceptors (Lipinski definition) is 2. The number of piperidine rings is 1. The summed E-state index contributed by atoms with van der Waals surface area (Å²) in [6.45, 7) is 9.57. The lowest BCUT2D eigenvalue weighted by Crippen LogP contribution is -2.45. The monoisotopic (exact) mass is 256 g/mol. The molecule has 0 N–H and O–H groups in total. The van der Waals surface area contributed by atoms with Crippen molar-refractivity contribution in [3.63, 3.8) is 0 Å². The van der Waals surface area contributed by atoms with E-state index in [1.54, 1.807) is 0 Å². The molecule has 0 aromatic heterocycles. The molecule has 98 valence electrons. The van der Waals surface area contributed by atoms with Crippen molar-refractivity contribution < 1.29 is 0 Å². The second-order valence-corrected chi connectivity index (χ2v) is 4.78. The van der Waals surface area contributed by atoms with Gasteiger partial charge in [-0.2, -0.15) is 0 Å². The fourth-order valence-electron chi connectivity index (χ4n) is 2.62. The minimum atomic E-state index is 0.511. The van der Waals surface area contributed by atoms with E-state index < -0.39 is 0 Å². The maximum atomic E-state index is 5.84. The van der Waals surface area contributed by atoms with Crippen LogP contribution in [0.5, 0.6) is 0 Å². The Morgan fingerprint density at radius 1 is 1.35 bits per heavy atom. The van der Waals surface area contributed by atoms with E-state index in [9.17, 15) is 0 Å². The molecule has 1 unspecified atom stereocenters. The largest absolute Gasteiger partial charge is 0.354 e. The molecule has 0 aliphatic carbocycles. The number of allylic oxidation sites excluding steroid dienone is 1. The lowest BCUT2D eigenvalue weighted by molar-refractivity contribution is 0.313. The number of alkyl halides is 1. The second-order valence-electron chi connectivity index (χ2n) is 4.40. The average Bonchev–Trinajstić information content (AvgIpc) is 2.37. The highest BCUT2D eigenvalue weighted by atomic mass is 35.5. The van der Waals surface area contributed by atoms with Crippen LogP contribution < -0.4 is 0 Å². The zero-order chi connectivity index (χ0) is 12.8. The van der Waals surface area contributed by atoms with Gasteiger partial charge in [0, 0.05) is 24.5 Å². The van der Waals surface area contributed by atoms with Crippen molar-refractivity contribution in [1.82, 2.24) is 4.90 Å². The molecule has 2 aliphatic rings. The molecule has 0 radical (unpaired) electrons. The van der Waals surface area contributed by atoms with Crippen molar-refractivity contribution in [3.05, 3.63) is 11.3 Å². The van der Waals surface area contributed by atoms with Gasteiger partial charge in [0.2, 0.25) is 0 Å². The van der Waals surface area contributed by atoms with Gasteiger partial charge in [-0.05, 0) is 38.7 Å². The molecule has 0 amide bonds. The van der Waals surface area contributed by atoms with Crippen LogP contribution in [0.25, 0.3) is 0 Å². The molecule has 0 bridgehead atoms. The third-order valence-corrected chi connectivity index (χ3v) is 3.67. The van der Waals surface area contributed by atoms with Gasteiger partial charge in [-0.1, -0.05) is 13.8 Å². The summed E-state index contributed by atoms with van der Waals surface area (Å²) in [7, 11) is 0. The maximum Gasteiger partial charge on any atom is 0.105 e. The van der Waals surface area contributed by atoms with Gasteiger partial charge < -0.3 is 4.90 Å². The van der Waals surface area contributed by atoms with E-state index in [0.29, 0.717) is 11.9 Å². The standard InChI is InChI=1S/C12H19ClN2.C2H6/c1-9-11(6-7-13)10(2)15-8-4-3-5-12(15)14-9;1-2/h10H,3-8H2,1-2H3;1-2H3. The molecule has 2 aliphatic heterocycles. The average molecular weight is 257 g/mol. The van der Waals surface area contributed by atoms with Crippen LogP contribution in [-0.2, 0) is 0 Å². The van der Waals surface area contributed by atoms with Crippen LogP contribution >= 0.6 is 11.6 Å². The minimum Gasteiger partial charge on any atom is -0.354 e. The molecule has 0 saturated carbocycles.